The van der Waals surface area contributed by atoms with Gasteiger partial charge in [0.15, 0.2) is 0 Å². The summed E-state index contributed by atoms with van der Waals surface area (Å²) in [5.74, 6) is 0.132. The number of aromatic nitrogens is 2. The largest absolute Gasteiger partial charge is 0.354 e. The van der Waals surface area contributed by atoms with Crippen molar-refractivity contribution in [1.29, 1.82) is 0 Å². The maximum atomic E-state index is 10.9. The zero-order chi connectivity index (χ0) is 9.97. The first-order valence-corrected chi connectivity index (χ1v) is 4.72. The van der Waals surface area contributed by atoms with Crippen LogP contribution in [-0.2, 0) is 18.4 Å². The van der Waals surface area contributed by atoms with E-state index in [1.54, 1.807) is 6.20 Å². The average Bonchev–Trinajstić information content (AvgIpc) is 2.72. The third-order valence-corrected chi connectivity index (χ3v) is 2.47. The molecule has 1 aromatic heterocycles. The molecule has 1 aliphatic rings. The van der Waals surface area contributed by atoms with Crippen LogP contribution in [-0.4, -0.2) is 28.3 Å². The van der Waals surface area contributed by atoms with Gasteiger partial charge in [0.1, 0.15) is 0 Å². The monoisotopic (exact) mass is 194 g/mol. The number of hydrogen-bond acceptors (Lipinski definition) is 3. The lowest BCUT2D eigenvalue weighted by atomic mass is 10.2. The number of nitrogens with one attached hydrogen (secondary N) is 2. The third-order valence-electron chi connectivity index (χ3n) is 2.47. The van der Waals surface area contributed by atoms with Crippen LogP contribution in [0.4, 0.5) is 0 Å². The Morgan fingerprint density at radius 1 is 1.79 bits per heavy atom. The number of amides is 1. The number of carbonyl (C=O) groups is 1. The molecule has 1 amide bonds. The highest BCUT2D eigenvalue weighted by molar-refractivity contribution is 5.78. The molecular weight excluding hydrogens is 180 g/mol. The Morgan fingerprint density at radius 3 is 3.21 bits per heavy atom. The molecular formula is C9H14N4O. The van der Waals surface area contributed by atoms with E-state index in [0.29, 0.717) is 6.42 Å². The van der Waals surface area contributed by atoms with Crippen LogP contribution < -0.4 is 10.6 Å². The molecule has 1 atom stereocenters. The summed E-state index contributed by atoms with van der Waals surface area (Å²) in [5.41, 5.74) is 1.13. The highest BCUT2D eigenvalue weighted by atomic mass is 16.1. The lowest BCUT2D eigenvalue weighted by molar-refractivity contribution is -0.119. The van der Waals surface area contributed by atoms with Gasteiger partial charge in [-0.3, -0.25) is 9.48 Å². The summed E-state index contributed by atoms with van der Waals surface area (Å²) in [6.45, 7) is 1.49. The summed E-state index contributed by atoms with van der Waals surface area (Å²) in [7, 11) is 1.91. The topological polar surface area (TPSA) is 59.0 Å². The van der Waals surface area contributed by atoms with E-state index >= 15 is 0 Å². The Bertz CT molecular complexity index is 333. The van der Waals surface area contributed by atoms with Crippen LogP contribution in [0.3, 0.4) is 0 Å². The van der Waals surface area contributed by atoms with Gasteiger partial charge in [0, 0.05) is 38.8 Å². The van der Waals surface area contributed by atoms with Gasteiger partial charge in [0.25, 0.3) is 0 Å². The fraction of sp³-hybridized carbons (Fsp3) is 0.556. The van der Waals surface area contributed by atoms with Gasteiger partial charge >= 0.3 is 0 Å². The molecule has 0 aromatic carbocycles. The molecule has 0 spiro atoms. The molecule has 1 unspecified atom stereocenters. The van der Waals surface area contributed by atoms with Crippen LogP contribution >= 0.6 is 0 Å². The second-order valence-electron chi connectivity index (χ2n) is 3.53. The van der Waals surface area contributed by atoms with Crippen molar-refractivity contribution in [3.8, 4) is 0 Å². The summed E-state index contributed by atoms with van der Waals surface area (Å²) >= 11 is 0. The van der Waals surface area contributed by atoms with Crippen molar-refractivity contribution in [3.05, 3.63) is 18.0 Å². The molecule has 2 rings (SSSR count). The first-order chi connectivity index (χ1) is 6.75. The van der Waals surface area contributed by atoms with E-state index in [1.807, 2.05) is 17.8 Å². The fourth-order valence-electron chi connectivity index (χ4n) is 1.57. The molecule has 0 aliphatic carbocycles. The van der Waals surface area contributed by atoms with Gasteiger partial charge in [-0.25, -0.2) is 0 Å². The molecule has 1 saturated heterocycles. The smallest absolute Gasteiger partial charge is 0.221 e. The first-order valence-electron chi connectivity index (χ1n) is 4.72. The second-order valence-corrected chi connectivity index (χ2v) is 3.53. The van der Waals surface area contributed by atoms with Crippen molar-refractivity contribution in [1.82, 2.24) is 20.4 Å². The van der Waals surface area contributed by atoms with E-state index < -0.39 is 0 Å². The highest BCUT2D eigenvalue weighted by Crippen LogP contribution is 2.01. The molecule has 1 aromatic rings. The number of rotatable bonds is 3. The van der Waals surface area contributed by atoms with Crippen molar-refractivity contribution in [2.45, 2.75) is 19.0 Å². The van der Waals surface area contributed by atoms with Crippen molar-refractivity contribution in [3.63, 3.8) is 0 Å². The van der Waals surface area contributed by atoms with E-state index in [2.05, 4.69) is 15.7 Å². The van der Waals surface area contributed by atoms with Gasteiger partial charge in [-0.1, -0.05) is 0 Å². The van der Waals surface area contributed by atoms with Gasteiger partial charge in [-0.2, -0.15) is 5.10 Å². The van der Waals surface area contributed by atoms with Crippen LogP contribution in [0.1, 0.15) is 12.1 Å². The minimum atomic E-state index is 0.132. The van der Waals surface area contributed by atoms with Crippen molar-refractivity contribution in [2.75, 3.05) is 6.54 Å². The zero-order valence-corrected chi connectivity index (χ0v) is 8.16. The Labute approximate surface area is 82.5 Å². The normalized spacial score (nSPS) is 21.2. The summed E-state index contributed by atoms with van der Waals surface area (Å²) in [5, 5.41) is 10.2. The molecule has 5 nitrogen and oxygen atoms in total. The molecule has 5 heteroatoms. The summed E-state index contributed by atoms with van der Waals surface area (Å²) in [6.07, 6.45) is 2.35. The number of nitrogens with zero attached hydrogens (tertiary/aromatic N) is 2. The lowest BCUT2D eigenvalue weighted by Crippen LogP contribution is -2.31. The number of aryl methyl sites for hydroxylation is 1. The van der Waals surface area contributed by atoms with Crippen molar-refractivity contribution < 1.29 is 4.79 Å². The van der Waals surface area contributed by atoms with Gasteiger partial charge in [0.05, 0.1) is 5.69 Å². The number of carbonyl (C=O) groups excluding carboxylic acids is 1. The Hall–Kier alpha value is -1.36. The Balaban J connectivity index is 1.83. The Kier molecular flexibility index (Phi) is 2.49. The lowest BCUT2D eigenvalue weighted by Gasteiger charge is -2.09. The average molecular weight is 194 g/mol. The minimum absolute atomic E-state index is 0.132. The van der Waals surface area contributed by atoms with Gasteiger partial charge in [-0.15, -0.1) is 0 Å². The van der Waals surface area contributed by atoms with E-state index in [-0.39, 0.29) is 11.9 Å². The van der Waals surface area contributed by atoms with Gasteiger partial charge in [-0.05, 0) is 6.07 Å². The van der Waals surface area contributed by atoms with Crippen LogP contribution in [0.2, 0.25) is 0 Å². The van der Waals surface area contributed by atoms with Crippen molar-refractivity contribution >= 4 is 5.91 Å². The Morgan fingerprint density at radius 2 is 2.64 bits per heavy atom. The standard InChI is InChI=1S/C9H14N4O/c1-13-8(2-3-12-13)6-10-7-4-9(14)11-5-7/h2-3,7,10H,4-6H2,1H3,(H,11,14). The predicted molar refractivity (Wildman–Crippen MR) is 51.5 cm³/mol. The maximum absolute atomic E-state index is 10.9. The molecule has 2 heterocycles. The van der Waals surface area contributed by atoms with E-state index in [4.69, 9.17) is 0 Å². The van der Waals surface area contributed by atoms with Crippen LogP contribution in [0.25, 0.3) is 0 Å². The molecule has 14 heavy (non-hydrogen) atoms. The third kappa shape index (κ3) is 1.93. The second kappa shape index (κ2) is 3.79. The highest BCUT2D eigenvalue weighted by Gasteiger charge is 2.20. The molecule has 0 saturated carbocycles. The quantitative estimate of drug-likeness (QED) is 0.675. The fourth-order valence-corrected chi connectivity index (χ4v) is 1.57. The van der Waals surface area contributed by atoms with Crippen LogP contribution in [0, 0.1) is 0 Å². The van der Waals surface area contributed by atoms with Crippen LogP contribution in [0.5, 0.6) is 0 Å². The molecule has 1 aliphatic heterocycles. The number of hydrogen-bond donors (Lipinski definition) is 2. The molecule has 0 radical (unpaired) electrons. The van der Waals surface area contributed by atoms with Crippen molar-refractivity contribution in [2.24, 2.45) is 7.05 Å². The van der Waals surface area contributed by atoms with E-state index in [0.717, 1.165) is 18.8 Å². The molecule has 2 N–H and O–H groups in total. The van der Waals surface area contributed by atoms with Gasteiger partial charge in [0.2, 0.25) is 5.91 Å². The molecule has 76 valence electrons. The first kappa shape index (κ1) is 9.21. The molecule has 0 bridgehead atoms. The SMILES string of the molecule is Cn1nccc1CNC1CNC(=O)C1. The van der Waals surface area contributed by atoms with E-state index in [9.17, 15) is 4.79 Å². The summed E-state index contributed by atoms with van der Waals surface area (Å²) in [6, 6.07) is 2.23. The summed E-state index contributed by atoms with van der Waals surface area (Å²) < 4.78 is 1.83. The zero-order valence-electron chi connectivity index (χ0n) is 8.16. The molecule has 1 fully saturated rings. The predicted octanol–water partition coefficient (Wildman–Crippen LogP) is -0.602. The van der Waals surface area contributed by atoms with E-state index in [1.165, 1.54) is 0 Å². The summed E-state index contributed by atoms with van der Waals surface area (Å²) in [4.78, 5) is 10.9. The van der Waals surface area contributed by atoms with Gasteiger partial charge < -0.3 is 10.6 Å². The maximum Gasteiger partial charge on any atom is 0.221 e. The minimum Gasteiger partial charge on any atom is -0.354 e. The van der Waals surface area contributed by atoms with Crippen LogP contribution in [0.15, 0.2) is 12.3 Å².